The second-order valence-electron chi connectivity index (χ2n) is 8.35. The van der Waals surface area contributed by atoms with Crippen molar-refractivity contribution < 1.29 is 13.6 Å². The van der Waals surface area contributed by atoms with Crippen molar-refractivity contribution in [1.82, 2.24) is 20.1 Å². The van der Waals surface area contributed by atoms with Gasteiger partial charge in [0.1, 0.15) is 0 Å². The summed E-state index contributed by atoms with van der Waals surface area (Å²) in [5.74, 6) is -2.37. The number of carbonyl (C=O) groups is 1. The number of hydrogen-bond acceptors (Lipinski definition) is 5. The number of aryl methyl sites for hydroxylation is 2. The van der Waals surface area contributed by atoms with Crippen molar-refractivity contribution >= 4 is 32.7 Å². The predicted octanol–water partition coefficient (Wildman–Crippen LogP) is 4.78. The molecule has 0 aliphatic carbocycles. The molecule has 1 aliphatic rings. The minimum Gasteiger partial charge on any atom is -0.349 e. The Bertz CT molecular complexity index is 1320. The number of fused-ring (bicyclic) bond motifs is 1. The van der Waals surface area contributed by atoms with Gasteiger partial charge in [-0.2, -0.15) is 10.1 Å². The molecule has 170 valence electrons. The number of piperidine rings is 1. The molecule has 0 saturated carbocycles. The summed E-state index contributed by atoms with van der Waals surface area (Å²) in [4.78, 5) is 19.5. The molecule has 33 heavy (non-hydrogen) atoms. The van der Waals surface area contributed by atoms with Crippen molar-refractivity contribution in [3.63, 3.8) is 0 Å². The van der Waals surface area contributed by atoms with Crippen LogP contribution in [0, 0.1) is 25.5 Å². The van der Waals surface area contributed by atoms with Gasteiger partial charge in [0.25, 0.3) is 5.91 Å². The largest absolute Gasteiger partial charge is 0.349 e. The maximum atomic E-state index is 13.4. The third-order valence-corrected chi connectivity index (χ3v) is 7.15. The molecule has 0 unspecified atom stereocenters. The van der Waals surface area contributed by atoms with Crippen LogP contribution in [0.4, 0.5) is 13.9 Å². The molecular weight excluding hydrogens is 444 g/mol. The number of halogens is 2. The molecule has 3 heterocycles. The van der Waals surface area contributed by atoms with Crippen molar-refractivity contribution in [2.24, 2.45) is 0 Å². The van der Waals surface area contributed by atoms with Crippen LogP contribution in [0.5, 0.6) is 0 Å². The first kappa shape index (κ1) is 21.5. The lowest BCUT2D eigenvalue weighted by molar-refractivity contribution is 0.0930. The quantitative estimate of drug-likeness (QED) is 0.469. The standard InChI is InChI=1S/C24H23F2N5OS/c1-14-3-6-18(7-4-14)31-22-21(15(2)29-31)33-24(28-22)30-11-9-17(10-12-30)27-23(32)16-5-8-19(25)20(26)13-16/h3-8,13,17H,9-12H2,1-2H3,(H,27,32). The molecule has 1 amide bonds. The zero-order chi connectivity index (χ0) is 23.1. The van der Waals surface area contributed by atoms with E-state index < -0.39 is 11.6 Å². The lowest BCUT2D eigenvalue weighted by Crippen LogP contribution is -2.44. The van der Waals surface area contributed by atoms with Crippen molar-refractivity contribution in [2.45, 2.75) is 32.7 Å². The molecule has 5 rings (SSSR count). The molecule has 0 bridgehead atoms. The minimum atomic E-state index is -1.02. The molecule has 9 heteroatoms. The lowest BCUT2D eigenvalue weighted by atomic mass is 10.0. The van der Waals surface area contributed by atoms with Crippen molar-refractivity contribution in [3.05, 3.63) is 70.9 Å². The van der Waals surface area contributed by atoms with Crippen LogP contribution in [-0.2, 0) is 0 Å². The second kappa shape index (κ2) is 8.55. The summed E-state index contributed by atoms with van der Waals surface area (Å²) < 4.78 is 29.5. The fourth-order valence-corrected chi connectivity index (χ4v) is 5.08. The van der Waals surface area contributed by atoms with E-state index in [4.69, 9.17) is 4.98 Å². The molecule has 0 radical (unpaired) electrons. The Kier molecular flexibility index (Phi) is 5.57. The first-order valence-corrected chi connectivity index (χ1v) is 11.6. The zero-order valence-corrected chi connectivity index (χ0v) is 19.1. The Labute approximate surface area is 193 Å². The highest BCUT2D eigenvalue weighted by molar-refractivity contribution is 7.22. The van der Waals surface area contributed by atoms with Crippen LogP contribution in [0.3, 0.4) is 0 Å². The van der Waals surface area contributed by atoms with Gasteiger partial charge >= 0.3 is 0 Å². The minimum absolute atomic E-state index is 0.0268. The molecule has 2 aromatic heterocycles. The smallest absolute Gasteiger partial charge is 0.251 e. The van der Waals surface area contributed by atoms with E-state index in [0.717, 1.165) is 64.9 Å². The molecule has 0 spiro atoms. The van der Waals surface area contributed by atoms with E-state index in [9.17, 15) is 13.6 Å². The number of benzene rings is 2. The predicted molar refractivity (Wildman–Crippen MR) is 125 cm³/mol. The number of nitrogens with zero attached hydrogens (tertiary/aromatic N) is 4. The lowest BCUT2D eigenvalue weighted by Gasteiger charge is -2.32. The monoisotopic (exact) mass is 467 g/mol. The highest BCUT2D eigenvalue weighted by Crippen LogP contribution is 2.33. The number of nitrogens with one attached hydrogen (secondary N) is 1. The van der Waals surface area contributed by atoms with Crippen molar-refractivity contribution in [1.29, 1.82) is 0 Å². The van der Waals surface area contributed by atoms with Gasteiger partial charge in [0.2, 0.25) is 0 Å². The Morgan fingerprint density at radius 1 is 1.06 bits per heavy atom. The van der Waals surface area contributed by atoms with Crippen molar-refractivity contribution in [3.8, 4) is 5.69 Å². The average Bonchev–Trinajstić information content (AvgIpc) is 3.37. The van der Waals surface area contributed by atoms with Gasteiger partial charge in [-0.25, -0.2) is 13.5 Å². The van der Waals surface area contributed by atoms with Crippen molar-refractivity contribution in [2.75, 3.05) is 18.0 Å². The number of amides is 1. The highest BCUT2D eigenvalue weighted by Gasteiger charge is 2.25. The van der Waals surface area contributed by atoms with Crippen LogP contribution in [0.15, 0.2) is 42.5 Å². The number of rotatable bonds is 4. The topological polar surface area (TPSA) is 63.1 Å². The fraction of sp³-hybridized carbons (Fsp3) is 0.292. The molecule has 1 fully saturated rings. The third kappa shape index (κ3) is 4.20. The normalized spacial score (nSPS) is 14.7. The Morgan fingerprint density at radius 3 is 2.48 bits per heavy atom. The number of thiazole rings is 1. The summed E-state index contributed by atoms with van der Waals surface area (Å²) in [6, 6.07) is 11.4. The molecule has 1 aliphatic heterocycles. The molecule has 1 N–H and O–H groups in total. The summed E-state index contributed by atoms with van der Waals surface area (Å²) in [5.41, 5.74) is 4.10. The van der Waals surface area contributed by atoms with Gasteiger partial charge in [-0.3, -0.25) is 4.79 Å². The number of carbonyl (C=O) groups excluding carboxylic acids is 1. The first-order chi connectivity index (χ1) is 15.9. The average molecular weight is 468 g/mol. The van der Waals surface area contributed by atoms with Gasteiger partial charge in [0.15, 0.2) is 22.4 Å². The molecule has 1 saturated heterocycles. The summed E-state index contributed by atoms with van der Waals surface area (Å²) in [6.45, 7) is 5.54. The zero-order valence-electron chi connectivity index (χ0n) is 18.3. The van der Waals surface area contributed by atoms with E-state index >= 15 is 0 Å². The van der Waals surface area contributed by atoms with Crippen LogP contribution in [0.1, 0.15) is 34.5 Å². The van der Waals surface area contributed by atoms with E-state index in [-0.39, 0.29) is 17.5 Å². The Hall–Kier alpha value is -3.33. The number of hydrogen-bond donors (Lipinski definition) is 1. The Balaban J connectivity index is 1.27. The first-order valence-electron chi connectivity index (χ1n) is 10.8. The molecule has 2 aromatic carbocycles. The van der Waals surface area contributed by atoms with E-state index in [1.807, 2.05) is 23.7 Å². The molecule has 0 atom stereocenters. The van der Waals surface area contributed by atoms with Crippen LogP contribution in [0.2, 0.25) is 0 Å². The van der Waals surface area contributed by atoms with E-state index in [1.54, 1.807) is 11.3 Å². The second-order valence-corrected chi connectivity index (χ2v) is 9.32. The molecule has 6 nitrogen and oxygen atoms in total. The third-order valence-electron chi connectivity index (χ3n) is 5.94. The van der Waals surface area contributed by atoms with E-state index in [2.05, 4.69) is 34.4 Å². The van der Waals surface area contributed by atoms with Gasteiger partial charge < -0.3 is 10.2 Å². The summed E-state index contributed by atoms with van der Waals surface area (Å²) in [6.07, 6.45) is 1.49. The van der Waals surface area contributed by atoms with Crippen LogP contribution < -0.4 is 10.2 Å². The number of anilines is 1. The van der Waals surface area contributed by atoms with Gasteiger partial charge in [0, 0.05) is 24.7 Å². The molecule has 4 aromatic rings. The molecular formula is C24H23F2N5OS. The Morgan fingerprint density at radius 2 is 1.79 bits per heavy atom. The number of aromatic nitrogens is 3. The highest BCUT2D eigenvalue weighted by atomic mass is 32.1. The summed E-state index contributed by atoms with van der Waals surface area (Å²) in [5, 5.41) is 8.54. The SMILES string of the molecule is Cc1ccc(-n2nc(C)c3sc(N4CCC(NC(=O)c5ccc(F)c(F)c5)CC4)nc32)cc1. The van der Waals surface area contributed by atoms with E-state index in [1.165, 1.54) is 11.6 Å². The van der Waals surface area contributed by atoms with Gasteiger partial charge in [-0.15, -0.1) is 0 Å². The van der Waals surface area contributed by atoms with Crippen LogP contribution >= 0.6 is 11.3 Å². The van der Waals surface area contributed by atoms with Gasteiger partial charge in [-0.1, -0.05) is 29.0 Å². The fourth-order valence-electron chi connectivity index (χ4n) is 4.05. The maximum Gasteiger partial charge on any atom is 0.251 e. The summed E-state index contributed by atoms with van der Waals surface area (Å²) >= 11 is 1.63. The van der Waals surface area contributed by atoms with E-state index in [0.29, 0.717) is 0 Å². The van der Waals surface area contributed by atoms with Gasteiger partial charge in [-0.05, 0) is 57.0 Å². The summed E-state index contributed by atoms with van der Waals surface area (Å²) in [7, 11) is 0. The van der Waals surface area contributed by atoms with Crippen LogP contribution in [0.25, 0.3) is 16.0 Å². The maximum absolute atomic E-state index is 13.4. The van der Waals surface area contributed by atoms with Crippen LogP contribution in [-0.4, -0.2) is 39.8 Å². The van der Waals surface area contributed by atoms with Gasteiger partial charge in [0.05, 0.1) is 16.1 Å².